The van der Waals surface area contributed by atoms with E-state index in [9.17, 15) is 4.79 Å². The molecule has 1 heterocycles. The van der Waals surface area contributed by atoms with Gasteiger partial charge in [-0.15, -0.1) is 0 Å². The molecule has 0 spiro atoms. The number of carbonyl (C=O) groups is 1. The second-order valence-corrected chi connectivity index (χ2v) is 7.09. The fraction of sp³-hybridized carbons (Fsp3) is 0.632. The summed E-state index contributed by atoms with van der Waals surface area (Å²) in [6, 6.07) is 8.59. The predicted octanol–water partition coefficient (Wildman–Crippen LogP) is 2.54. The third-order valence-electron chi connectivity index (χ3n) is 5.17. The molecular formula is C19H29N3O. The molecule has 1 saturated carbocycles. The Morgan fingerprint density at radius 1 is 1.30 bits per heavy atom. The molecule has 1 aliphatic heterocycles. The number of benzene rings is 1. The first-order chi connectivity index (χ1) is 11.2. The fourth-order valence-electron chi connectivity index (χ4n) is 3.79. The lowest BCUT2D eigenvalue weighted by atomic mass is 9.82. The van der Waals surface area contributed by atoms with Crippen LogP contribution in [0.25, 0.3) is 0 Å². The number of hydrogen-bond acceptors (Lipinski definition) is 3. The molecule has 1 aliphatic carbocycles. The first-order valence-electron chi connectivity index (χ1n) is 9.04. The van der Waals surface area contributed by atoms with Crippen molar-refractivity contribution in [2.45, 2.75) is 39.2 Å². The SMILES string of the molecule is CC1CCC[C@H](C(=O)NCc2cccc(N3CCNCC3)c2)C1. The van der Waals surface area contributed by atoms with Crippen molar-refractivity contribution in [2.24, 2.45) is 11.8 Å². The van der Waals surface area contributed by atoms with Gasteiger partial charge in [-0.25, -0.2) is 0 Å². The molecule has 2 aliphatic rings. The molecule has 2 fully saturated rings. The van der Waals surface area contributed by atoms with Crippen molar-refractivity contribution in [1.29, 1.82) is 0 Å². The quantitative estimate of drug-likeness (QED) is 0.897. The van der Waals surface area contributed by atoms with Gasteiger partial charge >= 0.3 is 0 Å². The number of anilines is 1. The van der Waals surface area contributed by atoms with Gasteiger partial charge in [-0.3, -0.25) is 4.79 Å². The summed E-state index contributed by atoms with van der Waals surface area (Å²) < 4.78 is 0. The molecule has 3 rings (SSSR count). The van der Waals surface area contributed by atoms with Gasteiger partial charge in [-0.2, -0.15) is 0 Å². The highest BCUT2D eigenvalue weighted by molar-refractivity contribution is 5.78. The number of amides is 1. The molecule has 23 heavy (non-hydrogen) atoms. The molecule has 0 radical (unpaired) electrons. The lowest BCUT2D eigenvalue weighted by Gasteiger charge is -2.29. The summed E-state index contributed by atoms with van der Waals surface area (Å²) in [6.07, 6.45) is 4.57. The summed E-state index contributed by atoms with van der Waals surface area (Å²) in [7, 11) is 0. The Kier molecular flexibility index (Phi) is 5.55. The number of carbonyl (C=O) groups excluding carboxylic acids is 1. The van der Waals surface area contributed by atoms with Gasteiger partial charge in [0.15, 0.2) is 0 Å². The second kappa shape index (κ2) is 7.82. The number of nitrogens with zero attached hydrogens (tertiary/aromatic N) is 1. The van der Waals surface area contributed by atoms with Crippen LogP contribution in [-0.2, 0) is 11.3 Å². The molecule has 1 saturated heterocycles. The Morgan fingerprint density at radius 2 is 2.13 bits per heavy atom. The predicted molar refractivity (Wildman–Crippen MR) is 94.5 cm³/mol. The maximum absolute atomic E-state index is 12.4. The zero-order valence-corrected chi connectivity index (χ0v) is 14.2. The Balaban J connectivity index is 1.54. The minimum absolute atomic E-state index is 0.218. The van der Waals surface area contributed by atoms with Gasteiger partial charge in [0.1, 0.15) is 0 Å². The zero-order valence-electron chi connectivity index (χ0n) is 14.2. The highest BCUT2D eigenvalue weighted by Crippen LogP contribution is 2.28. The molecule has 4 nitrogen and oxygen atoms in total. The molecule has 0 bridgehead atoms. The number of piperazine rings is 1. The average molecular weight is 315 g/mol. The van der Waals surface area contributed by atoms with Crippen LogP contribution in [-0.4, -0.2) is 32.1 Å². The summed E-state index contributed by atoms with van der Waals surface area (Å²) in [5.74, 6) is 1.15. The van der Waals surface area contributed by atoms with Gasteiger partial charge < -0.3 is 15.5 Å². The summed E-state index contributed by atoms with van der Waals surface area (Å²) in [4.78, 5) is 14.8. The van der Waals surface area contributed by atoms with E-state index in [1.807, 2.05) is 0 Å². The van der Waals surface area contributed by atoms with Gasteiger partial charge in [0.2, 0.25) is 5.91 Å². The van der Waals surface area contributed by atoms with Crippen LogP contribution >= 0.6 is 0 Å². The minimum Gasteiger partial charge on any atom is -0.369 e. The third-order valence-corrected chi connectivity index (χ3v) is 5.17. The number of nitrogens with one attached hydrogen (secondary N) is 2. The largest absolute Gasteiger partial charge is 0.369 e. The van der Waals surface area contributed by atoms with Gasteiger partial charge in [0.05, 0.1) is 0 Å². The van der Waals surface area contributed by atoms with Crippen LogP contribution in [0.5, 0.6) is 0 Å². The lowest BCUT2D eigenvalue weighted by Crippen LogP contribution is -2.43. The van der Waals surface area contributed by atoms with Crippen LogP contribution in [0.2, 0.25) is 0 Å². The van der Waals surface area contributed by atoms with E-state index in [1.165, 1.54) is 24.1 Å². The van der Waals surface area contributed by atoms with Crippen LogP contribution in [0.4, 0.5) is 5.69 Å². The average Bonchev–Trinajstić information content (AvgIpc) is 2.61. The van der Waals surface area contributed by atoms with Gasteiger partial charge in [-0.1, -0.05) is 31.9 Å². The number of rotatable bonds is 4. The van der Waals surface area contributed by atoms with Gasteiger partial charge in [0, 0.05) is 44.3 Å². The molecule has 4 heteroatoms. The summed E-state index contributed by atoms with van der Waals surface area (Å²) in [5.41, 5.74) is 2.46. The van der Waals surface area contributed by atoms with E-state index in [2.05, 4.69) is 46.7 Å². The van der Waals surface area contributed by atoms with Crippen molar-refractivity contribution in [1.82, 2.24) is 10.6 Å². The summed E-state index contributed by atoms with van der Waals surface area (Å²) >= 11 is 0. The van der Waals surface area contributed by atoms with Gasteiger partial charge in [-0.05, 0) is 36.5 Å². The minimum atomic E-state index is 0.218. The lowest BCUT2D eigenvalue weighted by molar-refractivity contribution is -0.126. The van der Waals surface area contributed by atoms with E-state index in [0.717, 1.165) is 39.0 Å². The monoisotopic (exact) mass is 315 g/mol. The molecule has 126 valence electrons. The van der Waals surface area contributed by atoms with E-state index in [4.69, 9.17) is 0 Å². The van der Waals surface area contributed by atoms with Crippen LogP contribution in [0.3, 0.4) is 0 Å². The molecule has 1 amide bonds. The molecule has 1 aromatic rings. The molecule has 1 aromatic carbocycles. The Bertz CT molecular complexity index is 525. The van der Waals surface area contributed by atoms with Crippen molar-refractivity contribution >= 4 is 11.6 Å². The van der Waals surface area contributed by atoms with Crippen molar-refractivity contribution in [3.05, 3.63) is 29.8 Å². The Morgan fingerprint density at radius 3 is 2.91 bits per heavy atom. The first kappa shape index (κ1) is 16.3. The Hall–Kier alpha value is -1.55. The second-order valence-electron chi connectivity index (χ2n) is 7.09. The summed E-state index contributed by atoms with van der Waals surface area (Å²) in [5, 5.41) is 6.53. The standard InChI is InChI=1S/C19H29N3O/c1-15-4-2-6-17(12-15)19(23)21-14-16-5-3-7-18(13-16)22-10-8-20-9-11-22/h3,5,7,13,15,17,20H,2,4,6,8-12,14H2,1H3,(H,21,23)/t15?,17-/m0/s1. The zero-order chi connectivity index (χ0) is 16.1. The number of hydrogen-bond donors (Lipinski definition) is 2. The van der Waals surface area contributed by atoms with E-state index < -0.39 is 0 Å². The fourth-order valence-corrected chi connectivity index (χ4v) is 3.79. The van der Waals surface area contributed by atoms with E-state index in [0.29, 0.717) is 12.5 Å². The normalized spacial score (nSPS) is 25.2. The van der Waals surface area contributed by atoms with Crippen LogP contribution in [0, 0.1) is 11.8 Å². The molecule has 2 N–H and O–H groups in total. The molecular weight excluding hydrogens is 286 g/mol. The summed E-state index contributed by atoms with van der Waals surface area (Å²) in [6.45, 7) is 7.09. The Labute approximate surface area is 139 Å². The van der Waals surface area contributed by atoms with E-state index in [-0.39, 0.29) is 11.8 Å². The van der Waals surface area contributed by atoms with Gasteiger partial charge in [0.25, 0.3) is 0 Å². The third kappa shape index (κ3) is 4.47. The molecule has 2 atom stereocenters. The molecule has 1 unspecified atom stereocenters. The van der Waals surface area contributed by atoms with Crippen molar-refractivity contribution in [3.63, 3.8) is 0 Å². The van der Waals surface area contributed by atoms with E-state index >= 15 is 0 Å². The van der Waals surface area contributed by atoms with Crippen molar-refractivity contribution < 1.29 is 4.79 Å². The maximum Gasteiger partial charge on any atom is 0.223 e. The van der Waals surface area contributed by atoms with Crippen LogP contribution in [0.15, 0.2) is 24.3 Å². The maximum atomic E-state index is 12.4. The first-order valence-corrected chi connectivity index (χ1v) is 9.04. The molecule has 0 aromatic heterocycles. The topological polar surface area (TPSA) is 44.4 Å². The van der Waals surface area contributed by atoms with E-state index in [1.54, 1.807) is 0 Å². The van der Waals surface area contributed by atoms with Crippen LogP contribution < -0.4 is 15.5 Å². The van der Waals surface area contributed by atoms with Crippen molar-refractivity contribution in [2.75, 3.05) is 31.1 Å². The van der Waals surface area contributed by atoms with Crippen LogP contribution in [0.1, 0.15) is 38.2 Å². The highest BCUT2D eigenvalue weighted by Gasteiger charge is 2.24. The smallest absolute Gasteiger partial charge is 0.223 e. The van der Waals surface area contributed by atoms with Crippen molar-refractivity contribution in [3.8, 4) is 0 Å². The highest BCUT2D eigenvalue weighted by atomic mass is 16.1.